The number of rotatable bonds is 2. The Hall–Kier alpha value is -0.640. The van der Waals surface area contributed by atoms with Crippen LogP contribution in [0.1, 0.15) is 40.0 Å². The molecule has 0 aromatic rings. The molecule has 0 aromatic heterocycles. The second kappa shape index (κ2) is 3.94. The molecule has 0 bridgehead atoms. The predicted octanol–water partition coefficient (Wildman–Crippen LogP) is 1.95. The van der Waals surface area contributed by atoms with Gasteiger partial charge in [0.15, 0.2) is 0 Å². The normalized spacial score (nSPS) is 27.0. The zero-order valence-electron chi connectivity index (χ0n) is 11.0. The third-order valence-corrected chi connectivity index (χ3v) is 4.72. The van der Waals surface area contributed by atoms with Crippen molar-refractivity contribution in [3.63, 3.8) is 0 Å². The summed E-state index contributed by atoms with van der Waals surface area (Å²) in [5, 5.41) is 0. The Morgan fingerprint density at radius 2 is 2.00 bits per heavy atom. The Balaban J connectivity index is 2.02. The summed E-state index contributed by atoms with van der Waals surface area (Å²) >= 11 is 5.04. The Kier molecular flexibility index (Phi) is 2.97. The van der Waals surface area contributed by atoms with Crippen LogP contribution in [-0.4, -0.2) is 28.9 Å². The second-order valence-corrected chi connectivity index (χ2v) is 6.99. The van der Waals surface area contributed by atoms with Gasteiger partial charge in [-0.3, -0.25) is 4.79 Å². The predicted molar refractivity (Wildman–Crippen MR) is 72.6 cm³/mol. The van der Waals surface area contributed by atoms with Crippen LogP contribution < -0.4 is 5.73 Å². The Bertz CT molecular complexity index is 355. The van der Waals surface area contributed by atoms with Crippen molar-refractivity contribution in [3.8, 4) is 0 Å². The van der Waals surface area contributed by atoms with Crippen molar-refractivity contribution >= 4 is 23.1 Å². The van der Waals surface area contributed by atoms with Gasteiger partial charge in [-0.2, -0.15) is 0 Å². The third-order valence-electron chi connectivity index (χ3n) is 4.33. The molecule has 0 radical (unpaired) electrons. The average molecular weight is 254 g/mol. The molecule has 1 saturated heterocycles. The molecule has 0 spiro atoms. The first-order valence-corrected chi connectivity index (χ1v) is 6.77. The maximum Gasteiger partial charge on any atom is 0.235 e. The molecule has 1 amide bonds. The molecule has 17 heavy (non-hydrogen) atoms. The van der Waals surface area contributed by atoms with E-state index in [1.165, 1.54) is 0 Å². The Morgan fingerprint density at radius 3 is 2.35 bits per heavy atom. The number of carbonyl (C=O) groups excluding carboxylic acids is 1. The van der Waals surface area contributed by atoms with Crippen molar-refractivity contribution in [2.75, 3.05) is 13.1 Å². The first kappa shape index (κ1) is 12.8. The maximum atomic E-state index is 12.4. The second-order valence-electron chi connectivity index (χ2n) is 6.55. The van der Waals surface area contributed by atoms with Gasteiger partial charge in [0.2, 0.25) is 5.91 Å². The number of hydrogen-bond acceptors (Lipinski definition) is 2. The van der Waals surface area contributed by atoms with Gasteiger partial charge in [0.1, 0.15) is 0 Å². The van der Waals surface area contributed by atoms with Crippen molar-refractivity contribution in [2.45, 2.75) is 40.0 Å². The number of carbonyl (C=O) groups is 1. The van der Waals surface area contributed by atoms with Crippen LogP contribution in [-0.2, 0) is 4.79 Å². The fraction of sp³-hybridized carbons (Fsp3) is 0.846. The van der Waals surface area contributed by atoms with Gasteiger partial charge < -0.3 is 10.6 Å². The summed E-state index contributed by atoms with van der Waals surface area (Å²) in [6, 6.07) is 0. The third kappa shape index (κ3) is 2.19. The van der Waals surface area contributed by atoms with Crippen LogP contribution in [0.2, 0.25) is 0 Å². The van der Waals surface area contributed by atoms with Gasteiger partial charge in [0.25, 0.3) is 0 Å². The van der Waals surface area contributed by atoms with Crippen LogP contribution in [0.5, 0.6) is 0 Å². The minimum atomic E-state index is -0.470. The summed E-state index contributed by atoms with van der Waals surface area (Å²) in [7, 11) is 0. The first-order valence-electron chi connectivity index (χ1n) is 6.37. The molecule has 4 heteroatoms. The summed E-state index contributed by atoms with van der Waals surface area (Å²) in [4.78, 5) is 14.8. The van der Waals surface area contributed by atoms with Gasteiger partial charge in [0, 0.05) is 13.1 Å². The number of hydrogen-bond donors (Lipinski definition) is 1. The van der Waals surface area contributed by atoms with Gasteiger partial charge in [0.05, 0.1) is 10.4 Å². The maximum absolute atomic E-state index is 12.4. The minimum absolute atomic E-state index is 0.178. The first-order chi connectivity index (χ1) is 7.77. The molecule has 1 unspecified atom stereocenters. The van der Waals surface area contributed by atoms with Crippen LogP contribution in [0, 0.1) is 16.7 Å². The van der Waals surface area contributed by atoms with Crippen molar-refractivity contribution < 1.29 is 4.79 Å². The van der Waals surface area contributed by atoms with E-state index in [9.17, 15) is 4.79 Å². The van der Waals surface area contributed by atoms with Crippen LogP contribution in [0.3, 0.4) is 0 Å². The molecule has 2 rings (SSSR count). The number of nitrogens with zero attached hydrogens (tertiary/aromatic N) is 1. The van der Waals surface area contributed by atoms with Gasteiger partial charge >= 0.3 is 0 Å². The summed E-state index contributed by atoms with van der Waals surface area (Å²) < 4.78 is 0. The zero-order chi connectivity index (χ0) is 12.8. The fourth-order valence-corrected chi connectivity index (χ4v) is 2.94. The molecule has 1 aliphatic carbocycles. The number of thiocarbonyl (C=S) groups is 1. The van der Waals surface area contributed by atoms with Crippen molar-refractivity contribution in [3.05, 3.63) is 0 Å². The van der Waals surface area contributed by atoms with Crippen LogP contribution in [0.4, 0.5) is 0 Å². The number of nitrogens with two attached hydrogens (primary N) is 1. The van der Waals surface area contributed by atoms with Gasteiger partial charge in [-0.05, 0) is 30.6 Å². The molecule has 1 aliphatic heterocycles. The van der Waals surface area contributed by atoms with Gasteiger partial charge in [-0.1, -0.05) is 33.0 Å². The molecule has 2 fully saturated rings. The standard InChI is InChI=1S/C13H22N2OS/c1-12(2,3)9-4-7-15(8-9)11(16)13(5-6-13)10(14)17/h9H,4-8H2,1-3H3,(H2,14,17). The molecule has 96 valence electrons. The van der Waals surface area contributed by atoms with E-state index in [2.05, 4.69) is 20.8 Å². The van der Waals surface area contributed by atoms with E-state index in [4.69, 9.17) is 18.0 Å². The fourth-order valence-electron chi connectivity index (χ4n) is 2.64. The monoisotopic (exact) mass is 254 g/mol. The summed E-state index contributed by atoms with van der Waals surface area (Å²) in [5.74, 6) is 0.769. The zero-order valence-corrected chi connectivity index (χ0v) is 11.8. The number of likely N-dealkylation sites (tertiary alicyclic amines) is 1. The Labute approximate surface area is 109 Å². The molecular weight excluding hydrogens is 232 g/mol. The quantitative estimate of drug-likeness (QED) is 0.766. The van der Waals surface area contributed by atoms with Gasteiger partial charge in [-0.25, -0.2) is 0 Å². The molecule has 1 atom stereocenters. The van der Waals surface area contributed by atoms with Crippen LogP contribution in [0.15, 0.2) is 0 Å². The minimum Gasteiger partial charge on any atom is -0.392 e. The van der Waals surface area contributed by atoms with E-state index in [1.807, 2.05) is 4.90 Å². The molecule has 2 N–H and O–H groups in total. The van der Waals surface area contributed by atoms with Crippen LogP contribution in [0.25, 0.3) is 0 Å². The average Bonchev–Trinajstić information content (AvgIpc) is 2.86. The SMILES string of the molecule is CC(C)(C)C1CCN(C(=O)C2(C(N)=S)CC2)C1. The number of amides is 1. The smallest absolute Gasteiger partial charge is 0.235 e. The molecule has 1 heterocycles. The highest BCUT2D eigenvalue weighted by Crippen LogP contribution is 2.48. The van der Waals surface area contributed by atoms with E-state index in [1.54, 1.807) is 0 Å². The van der Waals surface area contributed by atoms with E-state index in [0.29, 0.717) is 10.9 Å². The molecule has 1 saturated carbocycles. The molecular formula is C13H22N2OS. The summed E-state index contributed by atoms with van der Waals surface area (Å²) in [6.07, 6.45) is 2.79. The summed E-state index contributed by atoms with van der Waals surface area (Å²) in [6.45, 7) is 8.46. The van der Waals surface area contributed by atoms with Crippen molar-refractivity contribution in [2.24, 2.45) is 22.5 Å². The van der Waals surface area contributed by atoms with E-state index in [-0.39, 0.29) is 11.3 Å². The summed E-state index contributed by atoms with van der Waals surface area (Å²) in [5.41, 5.74) is 5.51. The van der Waals surface area contributed by atoms with Gasteiger partial charge in [-0.15, -0.1) is 0 Å². The highest BCUT2D eigenvalue weighted by molar-refractivity contribution is 7.80. The van der Waals surface area contributed by atoms with Crippen molar-refractivity contribution in [1.29, 1.82) is 0 Å². The van der Waals surface area contributed by atoms with Crippen molar-refractivity contribution in [1.82, 2.24) is 4.90 Å². The highest BCUT2D eigenvalue weighted by atomic mass is 32.1. The lowest BCUT2D eigenvalue weighted by Crippen LogP contribution is -2.42. The van der Waals surface area contributed by atoms with E-state index >= 15 is 0 Å². The molecule has 3 nitrogen and oxygen atoms in total. The van der Waals surface area contributed by atoms with E-state index in [0.717, 1.165) is 32.4 Å². The lowest BCUT2D eigenvalue weighted by molar-refractivity contribution is -0.133. The molecule has 2 aliphatic rings. The topological polar surface area (TPSA) is 46.3 Å². The molecule has 0 aromatic carbocycles. The Morgan fingerprint density at radius 1 is 1.41 bits per heavy atom. The highest BCUT2D eigenvalue weighted by Gasteiger charge is 2.55. The largest absolute Gasteiger partial charge is 0.392 e. The lowest BCUT2D eigenvalue weighted by atomic mass is 9.80. The van der Waals surface area contributed by atoms with Crippen LogP contribution >= 0.6 is 12.2 Å². The lowest BCUT2D eigenvalue weighted by Gasteiger charge is -2.28. The van der Waals surface area contributed by atoms with E-state index < -0.39 is 5.41 Å².